The number of carbonyl (C=O) groups excluding carboxylic acids is 1. The van der Waals surface area contributed by atoms with Crippen LogP contribution in [0.3, 0.4) is 0 Å². The monoisotopic (exact) mass is 302 g/mol. The number of thiophene rings is 1. The molecule has 4 rings (SSSR count). The number of amides is 1. The molecule has 2 aliphatic rings. The molecule has 2 aromatic heterocycles. The lowest BCUT2D eigenvalue weighted by Gasteiger charge is -2.37. The quantitative estimate of drug-likeness (QED) is 0.927. The molecule has 5 heteroatoms. The lowest BCUT2D eigenvalue weighted by molar-refractivity contribution is 0.0290. The Bertz CT molecular complexity index is 635. The van der Waals surface area contributed by atoms with Crippen LogP contribution in [0.1, 0.15) is 35.4 Å². The second kappa shape index (κ2) is 5.00. The third kappa shape index (κ3) is 2.12. The Morgan fingerprint density at radius 2 is 1.86 bits per heavy atom. The summed E-state index contributed by atoms with van der Waals surface area (Å²) in [5, 5.41) is 11.9. The van der Waals surface area contributed by atoms with Gasteiger partial charge < -0.3 is 14.6 Å². The molecule has 2 saturated heterocycles. The summed E-state index contributed by atoms with van der Waals surface area (Å²) in [6.07, 6.45) is 7.20. The molecule has 4 nitrogen and oxygen atoms in total. The Labute approximate surface area is 127 Å². The Balaban J connectivity index is 1.66. The average molecular weight is 302 g/mol. The summed E-state index contributed by atoms with van der Waals surface area (Å²) in [6, 6.07) is 6.36. The highest BCUT2D eigenvalue weighted by Gasteiger charge is 2.43. The Morgan fingerprint density at radius 3 is 2.52 bits per heavy atom. The number of rotatable bonds is 2. The van der Waals surface area contributed by atoms with Gasteiger partial charge in [0.2, 0.25) is 0 Å². The van der Waals surface area contributed by atoms with Crippen molar-refractivity contribution >= 4 is 17.2 Å². The first-order valence-electron chi connectivity index (χ1n) is 7.45. The van der Waals surface area contributed by atoms with Crippen molar-refractivity contribution in [2.45, 2.75) is 43.9 Å². The van der Waals surface area contributed by atoms with Crippen LogP contribution in [0.25, 0.3) is 5.69 Å². The smallest absolute Gasteiger partial charge is 0.266 e. The maximum absolute atomic E-state index is 13.0. The van der Waals surface area contributed by atoms with E-state index in [2.05, 4.69) is 0 Å². The fourth-order valence-corrected chi connectivity index (χ4v) is 4.59. The van der Waals surface area contributed by atoms with Gasteiger partial charge in [-0.25, -0.2) is 0 Å². The van der Waals surface area contributed by atoms with Crippen molar-refractivity contribution in [3.05, 3.63) is 40.8 Å². The number of hydrogen-bond donors (Lipinski definition) is 1. The summed E-state index contributed by atoms with van der Waals surface area (Å²) >= 11 is 1.51. The number of aromatic nitrogens is 1. The molecule has 0 aromatic carbocycles. The van der Waals surface area contributed by atoms with Crippen LogP contribution >= 0.6 is 11.3 Å². The lowest BCUT2D eigenvalue weighted by atomic mass is 9.99. The van der Waals surface area contributed by atoms with E-state index < -0.39 is 0 Å². The minimum Gasteiger partial charge on any atom is -0.393 e. The van der Waals surface area contributed by atoms with E-state index in [4.69, 9.17) is 0 Å². The predicted octanol–water partition coefficient (Wildman–Crippen LogP) is 2.67. The molecule has 4 heterocycles. The van der Waals surface area contributed by atoms with Gasteiger partial charge in [-0.15, -0.1) is 11.3 Å². The van der Waals surface area contributed by atoms with Crippen molar-refractivity contribution in [2.75, 3.05) is 0 Å². The first-order valence-corrected chi connectivity index (χ1v) is 8.33. The number of piperidine rings is 1. The molecular formula is C16H18N2O2S. The Morgan fingerprint density at radius 1 is 1.19 bits per heavy atom. The molecule has 2 bridgehead atoms. The molecule has 2 aromatic rings. The highest BCUT2D eigenvalue weighted by Crippen LogP contribution is 2.38. The third-order valence-electron chi connectivity index (χ3n) is 4.66. The van der Waals surface area contributed by atoms with Crippen LogP contribution < -0.4 is 0 Å². The summed E-state index contributed by atoms with van der Waals surface area (Å²) in [5.41, 5.74) is 0.959. The van der Waals surface area contributed by atoms with E-state index in [1.165, 1.54) is 11.3 Å². The first-order chi connectivity index (χ1) is 10.2. The molecule has 0 radical (unpaired) electrons. The Hall–Kier alpha value is -1.59. The molecule has 2 unspecified atom stereocenters. The number of nitrogens with zero attached hydrogens (tertiary/aromatic N) is 2. The van der Waals surface area contributed by atoms with Gasteiger partial charge in [-0.2, -0.15) is 0 Å². The zero-order chi connectivity index (χ0) is 14.4. The Kier molecular flexibility index (Phi) is 3.12. The predicted molar refractivity (Wildman–Crippen MR) is 81.9 cm³/mol. The van der Waals surface area contributed by atoms with Gasteiger partial charge in [0.05, 0.1) is 11.8 Å². The van der Waals surface area contributed by atoms with Crippen LogP contribution in [0.5, 0.6) is 0 Å². The minimum atomic E-state index is -0.237. The topological polar surface area (TPSA) is 45.5 Å². The van der Waals surface area contributed by atoms with Crippen molar-refractivity contribution in [2.24, 2.45) is 0 Å². The first kappa shape index (κ1) is 13.1. The minimum absolute atomic E-state index is 0.133. The number of carbonyl (C=O) groups is 1. The summed E-state index contributed by atoms with van der Waals surface area (Å²) in [5.74, 6) is 0.133. The summed E-state index contributed by atoms with van der Waals surface area (Å²) < 4.78 is 1.99. The number of hydrogen-bond acceptors (Lipinski definition) is 3. The molecule has 1 amide bonds. The lowest BCUT2D eigenvalue weighted by Crippen LogP contribution is -2.47. The van der Waals surface area contributed by atoms with Gasteiger partial charge in [0.15, 0.2) is 0 Å². The zero-order valence-electron chi connectivity index (χ0n) is 11.7. The largest absolute Gasteiger partial charge is 0.393 e. The second-order valence-corrected chi connectivity index (χ2v) is 6.86. The van der Waals surface area contributed by atoms with Crippen molar-refractivity contribution in [1.29, 1.82) is 0 Å². The normalized spacial score (nSPS) is 28.0. The van der Waals surface area contributed by atoms with E-state index in [-0.39, 0.29) is 24.1 Å². The van der Waals surface area contributed by atoms with Crippen LogP contribution in [0, 0.1) is 0 Å². The molecule has 2 aliphatic heterocycles. The number of fused-ring (bicyclic) bond motifs is 2. The van der Waals surface area contributed by atoms with Gasteiger partial charge in [0.25, 0.3) is 5.91 Å². The van der Waals surface area contributed by atoms with Crippen LogP contribution in [-0.4, -0.2) is 38.7 Å². The molecule has 2 atom stereocenters. The van der Waals surface area contributed by atoms with E-state index in [1.54, 1.807) is 0 Å². The standard InChI is InChI=1S/C16H18N2O2S/c19-13-9-11-3-4-12(10-13)18(11)16(20)15-14(5-8-21-15)17-6-1-2-7-17/h1-2,5-8,11-13,19H,3-4,9-10H2. The summed E-state index contributed by atoms with van der Waals surface area (Å²) in [4.78, 5) is 15.8. The van der Waals surface area contributed by atoms with E-state index in [1.807, 2.05) is 45.4 Å². The summed E-state index contributed by atoms with van der Waals surface area (Å²) in [7, 11) is 0. The maximum atomic E-state index is 13.0. The summed E-state index contributed by atoms with van der Waals surface area (Å²) in [6.45, 7) is 0. The molecule has 21 heavy (non-hydrogen) atoms. The van der Waals surface area contributed by atoms with Crippen LogP contribution in [-0.2, 0) is 0 Å². The van der Waals surface area contributed by atoms with Crippen molar-refractivity contribution in [3.8, 4) is 5.69 Å². The fourth-order valence-electron chi connectivity index (χ4n) is 3.76. The zero-order valence-corrected chi connectivity index (χ0v) is 12.5. The maximum Gasteiger partial charge on any atom is 0.266 e. The van der Waals surface area contributed by atoms with Gasteiger partial charge in [-0.3, -0.25) is 4.79 Å². The van der Waals surface area contributed by atoms with Crippen molar-refractivity contribution in [1.82, 2.24) is 9.47 Å². The number of aliphatic hydroxyl groups excluding tert-OH is 1. The van der Waals surface area contributed by atoms with Crippen molar-refractivity contribution in [3.63, 3.8) is 0 Å². The molecular weight excluding hydrogens is 284 g/mol. The van der Waals surface area contributed by atoms with Gasteiger partial charge >= 0.3 is 0 Å². The van der Waals surface area contributed by atoms with E-state index in [0.717, 1.165) is 36.2 Å². The number of aliphatic hydroxyl groups is 1. The third-order valence-corrected chi connectivity index (χ3v) is 5.56. The van der Waals surface area contributed by atoms with Gasteiger partial charge in [-0.05, 0) is 49.3 Å². The molecule has 2 fully saturated rings. The average Bonchev–Trinajstić information content (AvgIpc) is 3.16. The van der Waals surface area contributed by atoms with E-state index >= 15 is 0 Å². The van der Waals surface area contributed by atoms with Crippen LogP contribution in [0.15, 0.2) is 36.0 Å². The van der Waals surface area contributed by atoms with Gasteiger partial charge in [0, 0.05) is 24.5 Å². The second-order valence-electron chi connectivity index (χ2n) is 5.95. The van der Waals surface area contributed by atoms with Crippen LogP contribution in [0.4, 0.5) is 0 Å². The van der Waals surface area contributed by atoms with E-state index in [9.17, 15) is 9.90 Å². The highest BCUT2D eigenvalue weighted by atomic mass is 32.1. The molecule has 0 spiro atoms. The molecule has 1 N–H and O–H groups in total. The van der Waals surface area contributed by atoms with Crippen molar-refractivity contribution < 1.29 is 9.90 Å². The van der Waals surface area contributed by atoms with Crippen LogP contribution in [0.2, 0.25) is 0 Å². The van der Waals surface area contributed by atoms with E-state index in [0.29, 0.717) is 0 Å². The molecule has 0 saturated carbocycles. The van der Waals surface area contributed by atoms with Gasteiger partial charge in [0.1, 0.15) is 4.88 Å². The molecule has 0 aliphatic carbocycles. The molecule has 110 valence electrons. The van der Waals surface area contributed by atoms with Gasteiger partial charge in [-0.1, -0.05) is 0 Å². The fraction of sp³-hybridized carbons (Fsp3) is 0.438. The SMILES string of the molecule is O=C(c1sccc1-n1cccc1)N1C2CCC1CC(O)C2. The highest BCUT2D eigenvalue weighted by molar-refractivity contribution is 7.12.